The number of rotatable bonds is 4. The van der Waals surface area contributed by atoms with E-state index in [0.717, 1.165) is 11.4 Å². The maximum Gasteiger partial charge on any atom is 0.336 e. The fourth-order valence-corrected chi connectivity index (χ4v) is 1.92. The molecule has 0 spiro atoms. The number of hydrogen-bond donors (Lipinski definition) is 6. The van der Waals surface area contributed by atoms with Crippen LogP contribution in [0.15, 0.2) is 84.9 Å². The standard InChI is InChI=1S/C8H6O4.2C6H8N2/c9-7(10)5-3-1-2-4-6(5)8(11)12;2*7-8-6-4-2-1-3-5-6/h1-4H,(H,9,10)(H,11,12);2*1-5,8H,7H2. The van der Waals surface area contributed by atoms with Crippen molar-refractivity contribution in [1.82, 2.24) is 0 Å². The van der Waals surface area contributed by atoms with Crippen LogP contribution in [0.4, 0.5) is 11.4 Å². The number of aromatic carboxylic acids is 2. The van der Waals surface area contributed by atoms with E-state index in [1.807, 2.05) is 60.7 Å². The smallest absolute Gasteiger partial charge is 0.336 e. The average Bonchev–Trinajstić information content (AvgIpc) is 2.75. The van der Waals surface area contributed by atoms with E-state index in [4.69, 9.17) is 21.9 Å². The van der Waals surface area contributed by atoms with Gasteiger partial charge in [0.15, 0.2) is 0 Å². The molecule has 0 saturated carbocycles. The first-order valence-electron chi connectivity index (χ1n) is 8.08. The lowest BCUT2D eigenvalue weighted by Gasteiger charge is -1.98. The van der Waals surface area contributed by atoms with Gasteiger partial charge in [0.25, 0.3) is 0 Å². The minimum atomic E-state index is -1.23. The zero-order valence-electron chi connectivity index (χ0n) is 14.9. The van der Waals surface area contributed by atoms with Crippen LogP contribution in [-0.2, 0) is 0 Å². The second-order valence-electron chi connectivity index (χ2n) is 5.18. The van der Waals surface area contributed by atoms with E-state index in [0.29, 0.717) is 0 Å². The Bertz CT molecular complexity index is 786. The SMILES string of the molecule is NNc1ccccc1.NNc1ccccc1.O=C(O)c1ccccc1C(=O)O. The van der Waals surface area contributed by atoms with Crippen LogP contribution in [0.3, 0.4) is 0 Å². The molecule has 0 amide bonds. The molecule has 0 aliphatic carbocycles. The van der Waals surface area contributed by atoms with Gasteiger partial charge in [-0.05, 0) is 36.4 Å². The number of hydrogen-bond acceptors (Lipinski definition) is 6. The predicted molar refractivity (Wildman–Crippen MR) is 109 cm³/mol. The van der Waals surface area contributed by atoms with Crippen molar-refractivity contribution < 1.29 is 19.8 Å². The molecule has 0 aliphatic heterocycles. The van der Waals surface area contributed by atoms with Gasteiger partial charge in [0.05, 0.1) is 11.1 Å². The molecule has 28 heavy (non-hydrogen) atoms. The molecular formula is C20H22N4O4. The monoisotopic (exact) mass is 382 g/mol. The van der Waals surface area contributed by atoms with Crippen molar-refractivity contribution in [2.24, 2.45) is 11.7 Å². The number of benzene rings is 3. The van der Waals surface area contributed by atoms with Crippen molar-refractivity contribution in [3.8, 4) is 0 Å². The lowest BCUT2D eigenvalue weighted by atomic mass is 10.1. The van der Waals surface area contributed by atoms with Gasteiger partial charge in [0.1, 0.15) is 0 Å². The Morgan fingerprint density at radius 3 is 1.07 bits per heavy atom. The molecular weight excluding hydrogens is 360 g/mol. The molecule has 0 saturated heterocycles. The zero-order valence-corrected chi connectivity index (χ0v) is 14.9. The molecule has 146 valence electrons. The first kappa shape index (κ1) is 22.2. The summed E-state index contributed by atoms with van der Waals surface area (Å²) >= 11 is 0. The van der Waals surface area contributed by atoms with Gasteiger partial charge in [-0.15, -0.1) is 0 Å². The van der Waals surface area contributed by atoms with E-state index in [1.165, 1.54) is 24.3 Å². The highest BCUT2D eigenvalue weighted by Gasteiger charge is 2.13. The highest BCUT2D eigenvalue weighted by molar-refractivity contribution is 6.01. The van der Waals surface area contributed by atoms with E-state index < -0.39 is 11.9 Å². The number of carboxylic acids is 2. The summed E-state index contributed by atoms with van der Waals surface area (Å²) in [5, 5.41) is 17.1. The van der Waals surface area contributed by atoms with Gasteiger partial charge in [0.2, 0.25) is 0 Å². The number of carbonyl (C=O) groups is 2. The molecule has 0 fully saturated rings. The predicted octanol–water partition coefficient (Wildman–Crippen LogP) is 3.03. The van der Waals surface area contributed by atoms with E-state index >= 15 is 0 Å². The first-order valence-corrected chi connectivity index (χ1v) is 8.08. The Balaban J connectivity index is 0.000000217. The summed E-state index contributed by atoms with van der Waals surface area (Å²) in [4.78, 5) is 20.9. The van der Waals surface area contributed by atoms with Crippen molar-refractivity contribution in [2.75, 3.05) is 10.9 Å². The van der Waals surface area contributed by atoms with Crippen LogP contribution in [0.5, 0.6) is 0 Å². The fourth-order valence-electron chi connectivity index (χ4n) is 1.92. The maximum absolute atomic E-state index is 10.5. The van der Waals surface area contributed by atoms with E-state index in [-0.39, 0.29) is 11.1 Å². The van der Waals surface area contributed by atoms with Crippen LogP contribution in [0.2, 0.25) is 0 Å². The van der Waals surface area contributed by atoms with Crippen molar-refractivity contribution >= 4 is 23.3 Å². The second kappa shape index (κ2) is 12.5. The van der Waals surface area contributed by atoms with Crippen molar-refractivity contribution in [3.63, 3.8) is 0 Å². The van der Waals surface area contributed by atoms with Gasteiger partial charge in [0, 0.05) is 11.4 Å². The number of carboxylic acid groups (broad SMARTS) is 2. The van der Waals surface area contributed by atoms with Gasteiger partial charge in [-0.25, -0.2) is 9.59 Å². The molecule has 3 rings (SSSR count). The van der Waals surface area contributed by atoms with Crippen molar-refractivity contribution in [2.45, 2.75) is 0 Å². The average molecular weight is 382 g/mol. The van der Waals surface area contributed by atoms with Crippen LogP contribution >= 0.6 is 0 Å². The third-order valence-electron chi connectivity index (χ3n) is 3.27. The molecule has 0 radical (unpaired) electrons. The van der Waals surface area contributed by atoms with Crippen LogP contribution in [0.1, 0.15) is 20.7 Å². The van der Waals surface area contributed by atoms with Gasteiger partial charge in [-0.1, -0.05) is 48.5 Å². The molecule has 0 heterocycles. The summed E-state index contributed by atoms with van der Waals surface area (Å²) in [6, 6.07) is 24.7. The number of hydrazine groups is 2. The summed E-state index contributed by atoms with van der Waals surface area (Å²) in [6.07, 6.45) is 0. The second-order valence-corrected chi connectivity index (χ2v) is 5.18. The number of anilines is 2. The van der Waals surface area contributed by atoms with Crippen molar-refractivity contribution in [1.29, 1.82) is 0 Å². The summed E-state index contributed by atoms with van der Waals surface area (Å²) in [5.41, 5.74) is 6.55. The summed E-state index contributed by atoms with van der Waals surface area (Å²) in [7, 11) is 0. The lowest BCUT2D eigenvalue weighted by Crippen LogP contribution is -2.06. The number of nitrogens with two attached hydrogens (primary N) is 2. The molecule has 0 atom stereocenters. The van der Waals surface area contributed by atoms with Gasteiger partial charge >= 0.3 is 11.9 Å². The van der Waals surface area contributed by atoms with Gasteiger partial charge in [-0.2, -0.15) is 0 Å². The van der Waals surface area contributed by atoms with E-state index in [9.17, 15) is 9.59 Å². The van der Waals surface area contributed by atoms with Crippen molar-refractivity contribution in [3.05, 3.63) is 96.1 Å². The first-order chi connectivity index (χ1) is 13.5. The minimum Gasteiger partial charge on any atom is -0.478 e. The Morgan fingerprint density at radius 2 is 0.857 bits per heavy atom. The lowest BCUT2D eigenvalue weighted by molar-refractivity contribution is 0.0651. The third kappa shape index (κ3) is 8.00. The largest absolute Gasteiger partial charge is 0.478 e. The highest BCUT2D eigenvalue weighted by Crippen LogP contribution is 2.08. The Morgan fingerprint density at radius 1 is 0.571 bits per heavy atom. The molecule has 0 aromatic heterocycles. The molecule has 8 N–H and O–H groups in total. The summed E-state index contributed by atoms with van der Waals surface area (Å²) in [6.45, 7) is 0. The Kier molecular flexibility index (Phi) is 9.87. The van der Waals surface area contributed by atoms with Gasteiger partial charge in [-0.3, -0.25) is 11.7 Å². The van der Waals surface area contributed by atoms with Crippen LogP contribution in [0, 0.1) is 0 Å². The summed E-state index contributed by atoms with van der Waals surface area (Å²) in [5.74, 6) is 7.74. The summed E-state index contributed by atoms with van der Waals surface area (Å²) < 4.78 is 0. The number of para-hydroxylation sites is 2. The zero-order chi connectivity index (χ0) is 20.8. The van der Waals surface area contributed by atoms with Crippen LogP contribution in [0.25, 0.3) is 0 Å². The third-order valence-corrected chi connectivity index (χ3v) is 3.27. The molecule has 3 aromatic carbocycles. The molecule has 0 bridgehead atoms. The normalized spacial score (nSPS) is 8.93. The highest BCUT2D eigenvalue weighted by atomic mass is 16.4. The van der Waals surface area contributed by atoms with E-state index in [2.05, 4.69) is 10.9 Å². The Hall–Kier alpha value is -3.88. The number of nitrogen functional groups attached to an aromatic ring is 2. The maximum atomic E-state index is 10.5. The molecule has 8 heteroatoms. The quantitative estimate of drug-likeness (QED) is 0.298. The molecule has 3 aromatic rings. The Labute approximate surface area is 162 Å². The van der Waals surface area contributed by atoms with Crippen LogP contribution in [-0.4, -0.2) is 22.2 Å². The molecule has 0 unspecified atom stereocenters. The molecule has 8 nitrogen and oxygen atoms in total. The molecule has 0 aliphatic rings. The topological polar surface area (TPSA) is 151 Å². The van der Waals surface area contributed by atoms with Crippen LogP contribution < -0.4 is 22.5 Å². The number of nitrogens with one attached hydrogen (secondary N) is 2. The minimum absolute atomic E-state index is 0.190. The van der Waals surface area contributed by atoms with Gasteiger partial charge < -0.3 is 21.1 Å². The van der Waals surface area contributed by atoms with E-state index in [1.54, 1.807) is 0 Å². The fraction of sp³-hybridized carbons (Fsp3) is 0.